The lowest BCUT2D eigenvalue weighted by molar-refractivity contribution is 0.0582. The van der Waals surface area contributed by atoms with Crippen molar-refractivity contribution < 1.29 is 28.1 Å². The summed E-state index contributed by atoms with van der Waals surface area (Å²) in [5.41, 5.74) is -1.85. The van der Waals surface area contributed by atoms with E-state index in [2.05, 4.69) is 0 Å². The van der Waals surface area contributed by atoms with Gasteiger partial charge in [0.1, 0.15) is 16.3 Å². The fraction of sp³-hybridized carbons (Fsp3) is 0.400. The van der Waals surface area contributed by atoms with Gasteiger partial charge in [0.05, 0.1) is 24.8 Å². The molecule has 0 saturated carbocycles. The van der Waals surface area contributed by atoms with Gasteiger partial charge in [-0.25, -0.2) is 12.8 Å². The second-order valence-corrected chi connectivity index (χ2v) is 5.99. The number of nitrogens with one attached hydrogen (secondary N) is 1. The lowest BCUT2D eigenvalue weighted by Crippen LogP contribution is -2.56. The van der Waals surface area contributed by atoms with Crippen LogP contribution in [0.25, 0.3) is 0 Å². The van der Waals surface area contributed by atoms with Crippen molar-refractivity contribution in [1.29, 1.82) is 0 Å². The van der Waals surface area contributed by atoms with Crippen LogP contribution in [-0.2, 0) is 10.0 Å². The summed E-state index contributed by atoms with van der Waals surface area (Å²) in [5.74, 6) is -0.813. The quantitative estimate of drug-likeness (QED) is 0.565. The molecule has 0 radical (unpaired) electrons. The highest BCUT2D eigenvalue weighted by Gasteiger charge is 2.34. The molecule has 0 aliphatic carbocycles. The van der Waals surface area contributed by atoms with Crippen molar-refractivity contribution in [2.45, 2.75) is 10.4 Å². The minimum Gasteiger partial charge on any atom is -0.394 e. The van der Waals surface area contributed by atoms with Crippen LogP contribution in [-0.4, -0.2) is 49.1 Å². The van der Waals surface area contributed by atoms with E-state index in [9.17, 15) is 12.8 Å². The zero-order valence-corrected chi connectivity index (χ0v) is 11.2. The van der Waals surface area contributed by atoms with Crippen molar-refractivity contribution >= 4 is 21.6 Å². The molecule has 0 aromatic heterocycles. The van der Waals surface area contributed by atoms with E-state index in [4.69, 9.17) is 26.9 Å². The summed E-state index contributed by atoms with van der Waals surface area (Å²) < 4.78 is 39.0. The van der Waals surface area contributed by atoms with E-state index in [1.165, 1.54) is 0 Å². The molecule has 0 spiro atoms. The summed E-state index contributed by atoms with van der Waals surface area (Å²) in [6.07, 6.45) is 0. The second kappa shape index (κ2) is 6.12. The van der Waals surface area contributed by atoms with Gasteiger partial charge in [-0.15, -0.1) is 0 Å². The topological polar surface area (TPSA) is 107 Å². The Kier molecular flexibility index (Phi) is 5.25. The molecule has 6 nitrogen and oxygen atoms in total. The number of aliphatic hydroxyl groups is 3. The Hall–Kier alpha value is -0.770. The number of hydrogen-bond donors (Lipinski definition) is 4. The summed E-state index contributed by atoms with van der Waals surface area (Å²) in [6.45, 7) is -2.52. The van der Waals surface area contributed by atoms with Gasteiger partial charge in [0.25, 0.3) is 0 Å². The maximum atomic E-state index is 13.1. The molecule has 0 amide bonds. The Morgan fingerprint density at radius 1 is 1.21 bits per heavy atom. The van der Waals surface area contributed by atoms with Crippen molar-refractivity contribution in [1.82, 2.24) is 4.72 Å². The van der Waals surface area contributed by atoms with Crippen LogP contribution in [0, 0.1) is 5.82 Å². The van der Waals surface area contributed by atoms with E-state index in [1.54, 1.807) is 0 Å². The Morgan fingerprint density at radius 2 is 1.74 bits per heavy atom. The first kappa shape index (κ1) is 16.3. The third-order valence-electron chi connectivity index (χ3n) is 2.44. The van der Waals surface area contributed by atoms with E-state index in [0.717, 1.165) is 12.1 Å². The SMILES string of the molecule is O=S(=O)(NC(CO)(CO)CO)c1cc(F)ccc1Cl. The van der Waals surface area contributed by atoms with Gasteiger partial charge in [-0.3, -0.25) is 0 Å². The third kappa shape index (κ3) is 3.62. The highest BCUT2D eigenvalue weighted by molar-refractivity contribution is 7.89. The van der Waals surface area contributed by atoms with E-state index in [-0.39, 0.29) is 5.02 Å². The van der Waals surface area contributed by atoms with E-state index in [1.807, 2.05) is 4.72 Å². The molecule has 0 bridgehead atoms. The van der Waals surface area contributed by atoms with Crippen molar-refractivity contribution in [3.63, 3.8) is 0 Å². The van der Waals surface area contributed by atoms with Gasteiger partial charge in [0, 0.05) is 0 Å². The molecule has 1 aromatic carbocycles. The summed E-state index contributed by atoms with van der Waals surface area (Å²) in [6, 6.07) is 2.74. The molecular formula is C10H13ClFNO5S. The lowest BCUT2D eigenvalue weighted by Gasteiger charge is -2.28. The Balaban J connectivity index is 3.21. The van der Waals surface area contributed by atoms with Gasteiger partial charge in [-0.1, -0.05) is 11.6 Å². The first-order valence-electron chi connectivity index (χ1n) is 5.12. The maximum absolute atomic E-state index is 13.1. The van der Waals surface area contributed by atoms with Crippen molar-refractivity contribution in [2.75, 3.05) is 19.8 Å². The first-order chi connectivity index (χ1) is 8.80. The van der Waals surface area contributed by atoms with Crippen LogP contribution < -0.4 is 4.72 Å². The molecule has 0 unspecified atom stereocenters. The predicted octanol–water partition coefficient (Wildman–Crippen LogP) is -0.527. The summed E-state index contributed by atoms with van der Waals surface area (Å²) >= 11 is 5.67. The normalized spacial score (nSPS) is 12.7. The average molecular weight is 314 g/mol. The molecule has 1 aromatic rings. The summed E-state index contributed by atoms with van der Waals surface area (Å²) in [4.78, 5) is -0.547. The molecule has 0 fully saturated rings. The van der Waals surface area contributed by atoms with Crippen LogP contribution in [0.3, 0.4) is 0 Å². The standard InChI is InChI=1S/C10H13ClFNO5S/c11-8-2-1-7(12)3-9(8)19(17,18)13-10(4-14,5-15)6-16/h1-3,13-16H,4-6H2. The number of sulfonamides is 1. The van der Waals surface area contributed by atoms with Gasteiger partial charge >= 0.3 is 0 Å². The summed E-state index contributed by atoms with van der Waals surface area (Å²) in [7, 11) is -4.31. The molecule has 0 saturated heterocycles. The molecular weight excluding hydrogens is 301 g/mol. The fourth-order valence-corrected chi connectivity index (χ4v) is 3.16. The minimum absolute atomic E-state index is 0.225. The Morgan fingerprint density at radius 3 is 2.21 bits per heavy atom. The Labute approximate surface area is 114 Å². The van der Waals surface area contributed by atoms with Gasteiger partial charge in [0.15, 0.2) is 0 Å². The van der Waals surface area contributed by atoms with Gasteiger partial charge in [-0.2, -0.15) is 4.72 Å². The fourth-order valence-electron chi connectivity index (χ4n) is 1.27. The van der Waals surface area contributed by atoms with Crippen LogP contribution in [0.5, 0.6) is 0 Å². The number of halogens is 2. The minimum atomic E-state index is -4.31. The molecule has 1 rings (SSSR count). The van der Waals surface area contributed by atoms with E-state index in [0.29, 0.717) is 6.07 Å². The molecule has 19 heavy (non-hydrogen) atoms. The first-order valence-corrected chi connectivity index (χ1v) is 6.98. The maximum Gasteiger partial charge on any atom is 0.242 e. The van der Waals surface area contributed by atoms with Crippen LogP contribution in [0.15, 0.2) is 23.1 Å². The van der Waals surface area contributed by atoms with Crippen molar-refractivity contribution in [3.05, 3.63) is 29.0 Å². The van der Waals surface area contributed by atoms with Crippen molar-refractivity contribution in [3.8, 4) is 0 Å². The predicted molar refractivity (Wildman–Crippen MR) is 65.7 cm³/mol. The molecule has 0 heterocycles. The van der Waals surface area contributed by atoms with Crippen LogP contribution in [0.2, 0.25) is 5.02 Å². The lowest BCUT2D eigenvalue weighted by atomic mass is 10.1. The van der Waals surface area contributed by atoms with Gasteiger partial charge in [0.2, 0.25) is 10.0 Å². The zero-order chi connectivity index (χ0) is 14.7. The molecule has 9 heteroatoms. The highest BCUT2D eigenvalue weighted by Crippen LogP contribution is 2.23. The number of rotatable bonds is 6. The van der Waals surface area contributed by atoms with Crippen LogP contribution in [0.1, 0.15) is 0 Å². The molecule has 0 aliphatic rings. The largest absolute Gasteiger partial charge is 0.394 e. The number of benzene rings is 1. The smallest absolute Gasteiger partial charge is 0.242 e. The molecule has 4 N–H and O–H groups in total. The third-order valence-corrected chi connectivity index (χ3v) is 4.50. The monoisotopic (exact) mass is 313 g/mol. The zero-order valence-electron chi connectivity index (χ0n) is 9.68. The van der Waals surface area contributed by atoms with E-state index >= 15 is 0 Å². The Bertz CT molecular complexity index is 539. The highest BCUT2D eigenvalue weighted by atomic mass is 35.5. The second-order valence-electron chi connectivity index (χ2n) is 3.93. The number of hydrogen-bond acceptors (Lipinski definition) is 5. The molecule has 0 atom stereocenters. The van der Waals surface area contributed by atoms with Gasteiger partial charge in [-0.05, 0) is 18.2 Å². The molecule has 108 valence electrons. The van der Waals surface area contributed by atoms with Gasteiger partial charge < -0.3 is 15.3 Å². The number of aliphatic hydroxyl groups excluding tert-OH is 3. The van der Waals surface area contributed by atoms with Crippen LogP contribution >= 0.6 is 11.6 Å². The van der Waals surface area contributed by atoms with E-state index < -0.39 is 46.1 Å². The van der Waals surface area contributed by atoms with Crippen LogP contribution in [0.4, 0.5) is 4.39 Å². The average Bonchev–Trinajstić information content (AvgIpc) is 2.39. The van der Waals surface area contributed by atoms with Crippen molar-refractivity contribution in [2.24, 2.45) is 0 Å². The summed E-state index contributed by atoms with van der Waals surface area (Å²) in [5, 5.41) is 26.9. The molecule has 0 aliphatic heterocycles.